The van der Waals surface area contributed by atoms with Gasteiger partial charge in [-0.25, -0.2) is 0 Å². The molecule has 0 saturated carbocycles. The summed E-state index contributed by atoms with van der Waals surface area (Å²) in [6.45, 7) is 0. The van der Waals surface area contributed by atoms with Crippen LogP contribution in [0.4, 0.5) is 11.4 Å². The van der Waals surface area contributed by atoms with Gasteiger partial charge in [0.15, 0.2) is 0 Å². The normalized spacial score (nSPS) is 11.0. The van der Waals surface area contributed by atoms with Gasteiger partial charge in [-0.05, 0) is 40.2 Å². The number of furan rings is 1. The first-order chi connectivity index (χ1) is 12.5. The molecule has 0 atom stereocenters. The van der Waals surface area contributed by atoms with Crippen LogP contribution >= 0.6 is 15.9 Å². The maximum atomic E-state index is 12.5. The largest absolute Gasteiger partial charge is 0.456 e. The molecule has 26 heavy (non-hydrogen) atoms. The number of fused-ring (bicyclic) bond motifs is 3. The van der Waals surface area contributed by atoms with Gasteiger partial charge in [0.05, 0.1) is 10.5 Å². The zero-order valence-corrected chi connectivity index (χ0v) is 14.8. The predicted octanol–water partition coefficient (Wildman–Crippen LogP) is 5.51. The van der Waals surface area contributed by atoms with Gasteiger partial charge in [-0.3, -0.25) is 14.9 Å². The number of rotatable bonds is 3. The number of nitrogens with zero attached hydrogens (tertiary/aromatic N) is 1. The average molecular weight is 411 g/mol. The van der Waals surface area contributed by atoms with E-state index in [2.05, 4.69) is 21.2 Å². The second-order valence-electron chi connectivity index (χ2n) is 5.68. The van der Waals surface area contributed by atoms with Crippen molar-refractivity contribution in [1.82, 2.24) is 0 Å². The summed E-state index contributed by atoms with van der Waals surface area (Å²) in [5, 5.41) is 15.6. The van der Waals surface area contributed by atoms with Gasteiger partial charge < -0.3 is 9.73 Å². The highest BCUT2D eigenvalue weighted by Crippen LogP contribution is 2.31. The summed E-state index contributed by atoms with van der Waals surface area (Å²) in [4.78, 5) is 22.9. The molecule has 0 aliphatic heterocycles. The first-order valence-corrected chi connectivity index (χ1v) is 8.49. The molecule has 0 radical (unpaired) electrons. The van der Waals surface area contributed by atoms with Gasteiger partial charge >= 0.3 is 0 Å². The molecule has 0 aliphatic carbocycles. The van der Waals surface area contributed by atoms with Crippen LogP contribution < -0.4 is 5.32 Å². The Morgan fingerprint density at radius 1 is 1.00 bits per heavy atom. The number of nitro benzene ring substituents is 1. The summed E-state index contributed by atoms with van der Waals surface area (Å²) in [6.07, 6.45) is 0. The number of carbonyl (C=O) groups is 1. The summed E-state index contributed by atoms with van der Waals surface area (Å²) >= 11 is 3.25. The van der Waals surface area contributed by atoms with E-state index in [-0.39, 0.29) is 11.3 Å². The summed E-state index contributed by atoms with van der Waals surface area (Å²) < 4.78 is 6.28. The minimum atomic E-state index is -0.538. The van der Waals surface area contributed by atoms with E-state index >= 15 is 0 Å². The summed E-state index contributed by atoms with van der Waals surface area (Å²) in [5.74, 6) is -0.448. The predicted molar refractivity (Wildman–Crippen MR) is 102 cm³/mol. The number of hydrogen-bond acceptors (Lipinski definition) is 4. The van der Waals surface area contributed by atoms with Gasteiger partial charge in [0.1, 0.15) is 11.2 Å². The second-order valence-corrected chi connectivity index (χ2v) is 6.54. The zero-order chi connectivity index (χ0) is 18.3. The third-order valence-corrected chi connectivity index (χ3v) is 4.73. The highest BCUT2D eigenvalue weighted by atomic mass is 79.9. The van der Waals surface area contributed by atoms with Crippen molar-refractivity contribution >= 4 is 55.2 Å². The Labute approximate surface area is 155 Å². The first-order valence-electron chi connectivity index (χ1n) is 7.69. The Morgan fingerprint density at radius 2 is 1.77 bits per heavy atom. The van der Waals surface area contributed by atoms with E-state index in [4.69, 9.17) is 4.42 Å². The third-order valence-electron chi connectivity index (χ3n) is 4.04. The van der Waals surface area contributed by atoms with E-state index in [9.17, 15) is 14.9 Å². The molecular formula is C19H11BrN2O4. The highest BCUT2D eigenvalue weighted by Gasteiger charge is 2.16. The van der Waals surface area contributed by atoms with Gasteiger partial charge in [-0.15, -0.1) is 0 Å². The van der Waals surface area contributed by atoms with Crippen molar-refractivity contribution < 1.29 is 14.1 Å². The van der Waals surface area contributed by atoms with Crippen molar-refractivity contribution in [2.75, 3.05) is 5.32 Å². The lowest BCUT2D eigenvalue weighted by molar-refractivity contribution is -0.384. The monoisotopic (exact) mass is 410 g/mol. The molecule has 4 aromatic rings. The van der Waals surface area contributed by atoms with Gasteiger partial charge in [0, 0.05) is 39.1 Å². The van der Waals surface area contributed by atoms with E-state index in [1.165, 1.54) is 18.2 Å². The van der Waals surface area contributed by atoms with Crippen LogP contribution in [0, 0.1) is 10.1 Å². The van der Waals surface area contributed by atoms with Crippen LogP contribution in [0.15, 0.2) is 69.6 Å². The second kappa shape index (κ2) is 6.27. The third kappa shape index (κ3) is 2.82. The van der Waals surface area contributed by atoms with Gasteiger partial charge in [0.25, 0.3) is 11.6 Å². The Balaban J connectivity index is 1.68. The van der Waals surface area contributed by atoms with Crippen molar-refractivity contribution in [3.05, 3.63) is 80.8 Å². The van der Waals surface area contributed by atoms with Crippen molar-refractivity contribution in [1.29, 1.82) is 0 Å². The highest BCUT2D eigenvalue weighted by molar-refractivity contribution is 9.10. The molecule has 0 aliphatic rings. The number of carbonyl (C=O) groups excluding carboxylic acids is 1. The van der Waals surface area contributed by atoms with Crippen LogP contribution in [-0.4, -0.2) is 10.8 Å². The average Bonchev–Trinajstić information content (AvgIpc) is 2.99. The van der Waals surface area contributed by atoms with E-state index < -0.39 is 10.8 Å². The Kier molecular flexibility index (Phi) is 3.93. The smallest absolute Gasteiger partial charge is 0.270 e. The fourth-order valence-corrected chi connectivity index (χ4v) is 3.23. The van der Waals surface area contributed by atoms with Crippen molar-refractivity contribution in [3.8, 4) is 0 Å². The molecule has 128 valence electrons. The van der Waals surface area contributed by atoms with Crippen molar-refractivity contribution in [2.24, 2.45) is 0 Å². The molecule has 0 fully saturated rings. The fraction of sp³-hybridized carbons (Fsp3) is 0. The van der Waals surface area contributed by atoms with E-state index in [0.29, 0.717) is 15.7 Å². The number of non-ortho nitro benzene ring substituents is 1. The Morgan fingerprint density at radius 3 is 2.58 bits per heavy atom. The van der Waals surface area contributed by atoms with Gasteiger partial charge in [0.2, 0.25) is 0 Å². The van der Waals surface area contributed by atoms with Gasteiger partial charge in [-0.2, -0.15) is 0 Å². The quantitative estimate of drug-likeness (QED) is 0.356. The summed E-state index contributed by atoms with van der Waals surface area (Å²) in [6, 6.07) is 17.1. The number of nitro groups is 1. The van der Waals surface area contributed by atoms with Gasteiger partial charge in [-0.1, -0.05) is 18.2 Å². The lowest BCUT2D eigenvalue weighted by Crippen LogP contribution is -2.12. The van der Waals surface area contributed by atoms with Crippen LogP contribution in [0.5, 0.6) is 0 Å². The van der Waals surface area contributed by atoms with Crippen LogP contribution in [0.3, 0.4) is 0 Å². The molecular weight excluding hydrogens is 400 g/mol. The Hall–Kier alpha value is -3.19. The minimum Gasteiger partial charge on any atom is -0.456 e. The van der Waals surface area contributed by atoms with Crippen LogP contribution in [-0.2, 0) is 0 Å². The molecule has 0 spiro atoms. The first kappa shape index (κ1) is 16.3. The van der Waals surface area contributed by atoms with E-state index in [0.717, 1.165) is 16.4 Å². The molecule has 1 N–H and O–H groups in total. The maximum absolute atomic E-state index is 12.5. The van der Waals surface area contributed by atoms with Crippen LogP contribution in [0.25, 0.3) is 21.9 Å². The number of hydrogen-bond donors (Lipinski definition) is 1. The topological polar surface area (TPSA) is 85.4 Å². The lowest BCUT2D eigenvalue weighted by Gasteiger charge is -2.07. The van der Waals surface area contributed by atoms with E-state index in [1.807, 2.05) is 30.3 Å². The molecule has 3 aromatic carbocycles. The standard InChI is InChI=1S/C19H11BrN2O4/c20-16-8-6-12(22(24)25)10-15(16)19(23)21-11-5-7-14-13-3-1-2-4-17(13)26-18(14)9-11/h1-10H,(H,21,23). The lowest BCUT2D eigenvalue weighted by atomic mass is 10.1. The number of para-hydroxylation sites is 1. The molecule has 0 bridgehead atoms. The Bertz CT molecular complexity index is 1180. The number of halogens is 1. The number of nitrogens with one attached hydrogen (secondary N) is 1. The summed E-state index contributed by atoms with van der Waals surface area (Å²) in [7, 11) is 0. The van der Waals surface area contributed by atoms with Crippen molar-refractivity contribution in [2.45, 2.75) is 0 Å². The number of benzene rings is 3. The molecule has 1 aromatic heterocycles. The molecule has 4 rings (SSSR count). The summed E-state index contributed by atoms with van der Waals surface area (Å²) in [5.41, 5.74) is 2.00. The fourth-order valence-electron chi connectivity index (χ4n) is 2.80. The molecule has 6 nitrogen and oxygen atoms in total. The molecule has 1 amide bonds. The SMILES string of the molecule is O=C(Nc1ccc2c(c1)oc1ccccc12)c1cc([N+](=O)[O-])ccc1Br. The zero-order valence-electron chi connectivity index (χ0n) is 13.2. The molecule has 1 heterocycles. The minimum absolute atomic E-state index is 0.147. The van der Waals surface area contributed by atoms with E-state index in [1.54, 1.807) is 12.1 Å². The molecule has 0 unspecified atom stereocenters. The maximum Gasteiger partial charge on any atom is 0.270 e. The number of amides is 1. The van der Waals surface area contributed by atoms with Crippen LogP contribution in [0.2, 0.25) is 0 Å². The molecule has 0 saturated heterocycles. The molecule has 7 heteroatoms. The van der Waals surface area contributed by atoms with Crippen LogP contribution in [0.1, 0.15) is 10.4 Å². The van der Waals surface area contributed by atoms with Crippen molar-refractivity contribution in [3.63, 3.8) is 0 Å². The number of anilines is 1.